The minimum Gasteiger partial charge on any atom is -0.409 e. The van der Waals surface area contributed by atoms with E-state index < -0.39 is 0 Å². The van der Waals surface area contributed by atoms with Crippen molar-refractivity contribution in [2.45, 2.75) is 6.54 Å². The first-order valence-electron chi connectivity index (χ1n) is 5.75. The molecule has 0 saturated carbocycles. The third-order valence-corrected chi connectivity index (χ3v) is 2.70. The van der Waals surface area contributed by atoms with Crippen LogP contribution in [0.4, 0.5) is 10.1 Å². The van der Waals surface area contributed by atoms with Crippen LogP contribution in [0.25, 0.3) is 0 Å². The lowest BCUT2D eigenvalue weighted by Crippen LogP contribution is -2.12. The summed E-state index contributed by atoms with van der Waals surface area (Å²) < 4.78 is 12.7. The number of hydrogen-bond donors (Lipinski definition) is 3. The van der Waals surface area contributed by atoms with Gasteiger partial charge in [0.25, 0.3) is 0 Å². The maximum absolute atomic E-state index is 12.7. The van der Waals surface area contributed by atoms with Gasteiger partial charge in [0.15, 0.2) is 5.84 Å². The average Bonchev–Trinajstić information content (AvgIpc) is 2.46. The van der Waals surface area contributed by atoms with E-state index in [-0.39, 0.29) is 11.7 Å². The van der Waals surface area contributed by atoms with Gasteiger partial charge in [-0.05, 0) is 29.8 Å². The zero-order chi connectivity index (χ0) is 13.7. The number of anilines is 1. The number of nitrogens with one attached hydrogen (secondary N) is 1. The number of rotatable bonds is 4. The summed E-state index contributed by atoms with van der Waals surface area (Å²) in [6, 6.07) is 13.5. The summed E-state index contributed by atoms with van der Waals surface area (Å²) in [4.78, 5) is 0. The van der Waals surface area contributed by atoms with Gasteiger partial charge in [0.2, 0.25) is 0 Å². The predicted octanol–water partition coefficient (Wildman–Crippen LogP) is 2.53. The quantitative estimate of drug-likeness (QED) is 0.342. The van der Waals surface area contributed by atoms with Crippen LogP contribution in [0.3, 0.4) is 0 Å². The summed E-state index contributed by atoms with van der Waals surface area (Å²) in [7, 11) is 0. The maximum Gasteiger partial charge on any atom is 0.170 e. The molecular formula is C14H14FN3O. The molecule has 2 aromatic carbocycles. The van der Waals surface area contributed by atoms with Crippen molar-refractivity contribution in [2.75, 3.05) is 5.32 Å². The molecule has 0 amide bonds. The van der Waals surface area contributed by atoms with Crippen LogP contribution >= 0.6 is 0 Å². The van der Waals surface area contributed by atoms with Gasteiger partial charge in [-0.15, -0.1) is 0 Å². The summed E-state index contributed by atoms with van der Waals surface area (Å²) in [5.74, 6) is -0.174. The molecule has 0 unspecified atom stereocenters. The van der Waals surface area contributed by atoms with Gasteiger partial charge in [-0.3, -0.25) is 0 Å². The number of benzene rings is 2. The Balaban J connectivity index is 1.98. The standard InChI is InChI=1S/C14H14FN3O/c15-12-5-7-13(8-6-12)17-9-10-1-3-11(4-2-10)14(16)18-19/h1-8,17,19H,9H2,(H2,16,18). The van der Waals surface area contributed by atoms with E-state index in [1.54, 1.807) is 24.3 Å². The molecule has 0 spiro atoms. The van der Waals surface area contributed by atoms with Gasteiger partial charge in [0.05, 0.1) is 0 Å². The summed E-state index contributed by atoms with van der Waals surface area (Å²) >= 11 is 0. The molecule has 2 rings (SSSR count). The van der Waals surface area contributed by atoms with E-state index in [1.165, 1.54) is 12.1 Å². The first kappa shape index (κ1) is 12.9. The lowest BCUT2D eigenvalue weighted by atomic mass is 10.1. The molecule has 0 bridgehead atoms. The molecule has 0 aromatic heterocycles. The minimum atomic E-state index is -0.256. The van der Waals surface area contributed by atoms with E-state index >= 15 is 0 Å². The van der Waals surface area contributed by atoms with Crippen LogP contribution in [0, 0.1) is 5.82 Å². The highest BCUT2D eigenvalue weighted by atomic mass is 19.1. The predicted molar refractivity (Wildman–Crippen MR) is 72.7 cm³/mol. The third kappa shape index (κ3) is 3.45. The van der Waals surface area contributed by atoms with E-state index in [4.69, 9.17) is 10.9 Å². The molecule has 0 radical (unpaired) electrons. The van der Waals surface area contributed by atoms with Crippen LogP contribution in [0.15, 0.2) is 53.7 Å². The van der Waals surface area contributed by atoms with E-state index in [0.29, 0.717) is 12.1 Å². The van der Waals surface area contributed by atoms with Gasteiger partial charge in [-0.1, -0.05) is 29.4 Å². The molecule has 19 heavy (non-hydrogen) atoms. The van der Waals surface area contributed by atoms with Crippen LogP contribution in [0.5, 0.6) is 0 Å². The number of hydrogen-bond acceptors (Lipinski definition) is 3. The lowest BCUT2D eigenvalue weighted by molar-refractivity contribution is 0.318. The van der Waals surface area contributed by atoms with Crippen LogP contribution in [-0.4, -0.2) is 11.0 Å². The number of oxime groups is 1. The van der Waals surface area contributed by atoms with E-state index in [2.05, 4.69) is 10.5 Å². The Morgan fingerprint density at radius 1 is 1.11 bits per heavy atom. The van der Waals surface area contributed by atoms with Crippen molar-refractivity contribution in [2.24, 2.45) is 10.9 Å². The van der Waals surface area contributed by atoms with Gasteiger partial charge in [-0.25, -0.2) is 4.39 Å². The van der Waals surface area contributed by atoms with E-state index in [9.17, 15) is 4.39 Å². The van der Waals surface area contributed by atoms with E-state index in [1.807, 2.05) is 12.1 Å². The summed E-state index contributed by atoms with van der Waals surface area (Å²) in [5, 5.41) is 14.7. The maximum atomic E-state index is 12.7. The fraction of sp³-hybridized carbons (Fsp3) is 0.0714. The van der Waals surface area contributed by atoms with Crippen molar-refractivity contribution >= 4 is 11.5 Å². The van der Waals surface area contributed by atoms with Gasteiger partial charge >= 0.3 is 0 Å². The first-order chi connectivity index (χ1) is 9.19. The van der Waals surface area contributed by atoms with Crippen molar-refractivity contribution in [1.82, 2.24) is 0 Å². The van der Waals surface area contributed by atoms with E-state index in [0.717, 1.165) is 11.3 Å². The molecular weight excluding hydrogens is 245 g/mol. The van der Waals surface area contributed by atoms with Crippen LogP contribution in [0.1, 0.15) is 11.1 Å². The molecule has 0 saturated heterocycles. The molecule has 0 atom stereocenters. The highest BCUT2D eigenvalue weighted by Gasteiger charge is 1.99. The molecule has 2 aromatic rings. The second kappa shape index (κ2) is 5.86. The average molecular weight is 259 g/mol. The van der Waals surface area contributed by atoms with Crippen molar-refractivity contribution in [3.63, 3.8) is 0 Å². The molecule has 0 fully saturated rings. The summed E-state index contributed by atoms with van der Waals surface area (Å²) in [5.41, 5.74) is 8.02. The van der Waals surface area contributed by atoms with Crippen molar-refractivity contribution in [3.8, 4) is 0 Å². The molecule has 4 nitrogen and oxygen atoms in total. The second-order valence-electron chi connectivity index (χ2n) is 4.04. The van der Waals surface area contributed by atoms with Gasteiger partial charge in [0, 0.05) is 17.8 Å². The Bertz CT molecular complexity index is 564. The monoisotopic (exact) mass is 259 g/mol. The van der Waals surface area contributed by atoms with Crippen molar-refractivity contribution in [1.29, 1.82) is 0 Å². The fourth-order valence-corrected chi connectivity index (χ4v) is 1.62. The van der Waals surface area contributed by atoms with Crippen LogP contribution in [0.2, 0.25) is 0 Å². The molecule has 0 heterocycles. The molecule has 98 valence electrons. The molecule has 0 aliphatic carbocycles. The first-order valence-corrected chi connectivity index (χ1v) is 5.75. The Labute approximate surface area is 110 Å². The van der Waals surface area contributed by atoms with Gasteiger partial charge < -0.3 is 16.3 Å². The SMILES string of the molecule is NC(=NO)c1ccc(CNc2ccc(F)cc2)cc1. The Morgan fingerprint density at radius 3 is 2.32 bits per heavy atom. The van der Waals surface area contributed by atoms with Crippen LogP contribution in [-0.2, 0) is 6.54 Å². The van der Waals surface area contributed by atoms with Crippen molar-refractivity contribution in [3.05, 3.63) is 65.5 Å². The smallest absolute Gasteiger partial charge is 0.170 e. The number of amidine groups is 1. The number of nitrogens with two attached hydrogens (primary N) is 1. The minimum absolute atomic E-state index is 0.0815. The fourth-order valence-electron chi connectivity index (χ4n) is 1.62. The lowest BCUT2D eigenvalue weighted by Gasteiger charge is -2.07. The Hall–Kier alpha value is -2.56. The van der Waals surface area contributed by atoms with Crippen LogP contribution < -0.4 is 11.1 Å². The number of halogens is 1. The summed E-state index contributed by atoms with van der Waals surface area (Å²) in [6.45, 7) is 0.613. The zero-order valence-electron chi connectivity index (χ0n) is 10.2. The van der Waals surface area contributed by atoms with Crippen molar-refractivity contribution < 1.29 is 9.60 Å². The molecule has 0 aliphatic heterocycles. The third-order valence-electron chi connectivity index (χ3n) is 2.70. The zero-order valence-corrected chi connectivity index (χ0v) is 10.2. The van der Waals surface area contributed by atoms with Gasteiger partial charge in [0.1, 0.15) is 5.82 Å². The Kier molecular flexibility index (Phi) is 3.97. The number of nitrogens with zero attached hydrogens (tertiary/aromatic N) is 1. The Morgan fingerprint density at radius 2 is 1.74 bits per heavy atom. The largest absolute Gasteiger partial charge is 0.409 e. The normalized spacial score (nSPS) is 11.3. The molecule has 0 aliphatic rings. The molecule has 4 N–H and O–H groups in total. The summed E-state index contributed by atoms with van der Waals surface area (Å²) in [6.07, 6.45) is 0. The highest BCUT2D eigenvalue weighted by Crippen LogP contribution is 2.11. The second-order valence-corrected chi connectivity index (χ2v) is 4.04. The highest BCUT2D eigenvalue weighted by molar-refractivity contribution is 5.96. The van der Waals surface area contributed by atoms with Gasteiger partial charge in [-0.2, -0.15) is 0 Å². The molecule has 5 heteroatoms. The topological polar surface area (TPSA) is 70.6 Å².